The van der Waals surface area contributed by atoms with Gasteiger partial charge in [-0.25, -0.2) is 4.68 Å². The number of benzene rings is 3. The summed E-state index contributed by atoms with van der Waals surface area (Å²) < 4.78 is 4.69. The number of hydrogen-bond donors (Lipinski definition) is 1. The monoisotopic (exact) mass is 539 g/mol. The van der Waals surface area contributed by atoms with E-state index >= 15 is 0 Å². The highest BCUT2D eigenvalue weighted by Gasteiger charge is 2.24. The first-order valence-corrected chi connectivity index (χ1v) is 14.7. The molecule has 0 amide bonds. The van der Waals surface area contributed by atoms with Crippen LogP contribution in [0.2, 0.25) is 0 Å². The Balaban J connectivity index is 1.33. The van der Waals surface area contributed by atoms with E-state index in [0.29, 0.717) is 0 Å². The second kappa shape index (κ2) is 10.8. The lowest BCUT2D eigenvalue weighted by Crippen LogP contribution is -2.48. The molecule has 1 N–H and O–H groups in total. The fraction of sp³-hybridized carbons (Fsp3) is 0.375. The molecule has 1 fully saturated rings. The zero-order valence-electron chi connectivity index (χ0n) is 23.0. The topological polar surface area (TPSA) is 57.4 Å². The van der Waals surface area contributed by atoms with Gasteiger partial charge >= 0.3 is 0 Å². The molecule has 6 nitrogen and oxygen atoms in total. The molecule has 0 radical (unpaired) electrons. The maximum absolute atomic E-state index is 9.35. The van der Waals surface area contributed by atoms with Crippen LogP contribution >= 0.6 is 11.3 Å². The molecule has 0 spiro atoms. The Labute approximate surface area is 234 Å². The van der Waals surface area contributed by atoms with E-state index in [4.69, 9.17) is 0 Å². The minimum atomic E-state index is 0.0487. The van der Waals surface area contributed by atoms with Gasteiger partial charge in [0.25, 0.3) is 0 Å². The van der Waals surface area contributed by atoms with E-state index in [1.165, 1.54) is 31.3 Å². The van der Waals surface area contributed by atoms with Crippen molar-refractivity contribution in [2.24, 2.45) is 0 Å². The van der Waals surface area contributed by atoms with Crippen molar-refractivity contribution in [3.8, 4) is 11.3 Å². The predicted octanol–water partition coefficient (Wildman–Crippen LogP) is 5.81. The third-order valence-corrected chi connectivity index (χ3v) is 9.13. The van der Waals surface area contributed by atoms with Gasteiger partial charge in [-0.2, -0.15) is 0 Å². The number of thiophene rings is 1. The average Bonchev–Trinajstić information content (AvgIpc) is 3.57. The van der Waals surface area contributed by atoms with Crippen LogP contribution in [0.25, 0.3) is 31.4 Å². The van der Waals surface area contributed by atoms with E-state index in [2.05, 4.69) is 118 Å². The first kappa shape index (κ1) is 26.1. The summed E-state index contributed by atoms with van der Waals surface area (Å²) in [7, 11) is 0. The zero-order valence-corrected chi connectivity index (χ0v) is 23.9. The van der Waals surface area contributed by atoms with Crippen molar-refractivity contribution >= 4 is 31.5 Å². The van der Waals surface area contributed by atoms with Gasteiger partial charge in [0.2, 0.25) is 0 Å². The van der Waals surface area contributed by atoms with Gasteiger partial charge in [-0.1, -0.05) is 74.5 Å². The quantitative estimate of drug-likeness (QED) is 0.283. The van der Waals surface area contributed by atoms with Crippen molar-refractivity contribution in [2.45, 2.75) is 32.2 Å². The maximum atomic E-state index is 9.35. The first-order chi connectivity index (χ1) is 18.9. The van der Waals surface area contributed by atoms with Gasteiger partial charge in [0.15, 0.2) is 0 Å². The number of β-amino-alcohol motifs (C(OH)–C–C–N with tert-alkyl or cyclic N) is 1. The molecule has 0 aliphatic carbocycles. The fourth-order valence-electron chi connectivity index (χ4n) is 5.58. The highest BCUT2D eigenvalue weighted by atomic mass is 32.1. The molecule has 1 aliphatic rings. The van der Waals surface area contributed by atoms with E-state index in [-0.39, 0.29) is 18.1 Å². The minimum Gasteiger partial charge on any atom is -0.395 e. The van der Waals surface area contributed by atoms with Crippen LogP contribution < -0.4 is 0 Å². The van der Waals surface area contributed by atoms with Crippen molar-refractivity contribution in [3.05, 3.63) is 84.1 Å². The molecule has 0 saturated carbocycles. The molecule has 202 valence electrons. The number of aromatic nitrogens is 3. The van der Waals surface area contributed by atoms with Crippen LogP contribution in [0.5, 0.6) is 0 Å². The third-order valence-electron chi connectivity index (χ3n) is 7.97. The van der Waals surface area contributed by atoms with Gasteiger partial charge < -0.3 is 5.11 Å². The largest absolute Gasteiger partial charge is 0.395 e. The van der Waals surface area contributed by atoms with Crippen molar-refractivity contribution in [2.75, 3.05) is 45.9 Å². The summed E-state index contributed by atoms with van der Waals surface area (Å²) in [5, 5.41) is 21.3. The summed E-state index contributed by atoms with van der Waals surface area (Å²) in [5.74, 6) is 0. The lowest BCUT2D eigenvalue weighted by Gasteiger charge is -2.36. The first-order valence-electron chi connectivity index (χ1n) is 13.9. The number of fused-ring (bicyclic) bond motifs is 3. The summed E-state index contributed by atoms with van der Waals surface area (Å²) in [4.78, 5) is 4.86. The van der Waals surface area contributed by atoms with Gasteiger partial charge in [0.05, 0.1) is 18.8 Å². The lowest BCUT2D eigenvalue weighted by molar-refractivity contribution is 0.105. The second-order valence-corrected chi connectivity index (χ2v) is 12.7. The van der Waals surface area contributed by atoms with Crippen molar-refractivity contribution < 1.29 is 5.11 Å². The normalized spacial score (nSPS) is 16.3. The van der Waals surface area contributed by atoms with E-state index in [1.54, 1.807) is 0 Å². The summed E-state index contributed by atoms with van der Waals surface area (Å²) in [6, 6.07) is 24.3. The lowest BCUT2D eigenvalue weighted by atomic mass is 9.86. The molecular formula is C32H37N5OS. The van der Waals surface area contributed by atoms with E-state index in [9.17, 15) is 5.11 Å². The molecule has 1 saturated heterocycles. The number of piperazine rings is 1. The Kier molecular flexibility index (Phi) is 7.25. The van der Waals surface area contributed by atoms with Gasteiger partial charge in [-0.15, -0.1) is 16.4 Å². The predicted molar refractivity (Wildman–Crippen MR) is 162 cm³/mol. The number of aliphatic hydroxyl groups excluding tert-OH is 1. The Morgan fingerprint density at radius 2 is 1.59 bits per heavy atom. The van der Waals surface area contributed by atoms with Crippen LogP contribution in [-0.4, -0.2) is 75.8 Å². The highest BCUT2D eigenvalue weighted by Crippen LogP contribution is 2.36. The minimum absolute atomic E-state index is 0.0487. The fourth-order valence-corrected chi connectivity index (χ4v) is 6.66. The second-order valence-electron chi connectivity index (χ2n) is 11.6. The number of rotatable bonds is 7. The standard InChI is InChI=1S/C32H37N5OS/c1-32(2,3)25-11-8-23(9-12-25)28-21-37(34-33-28)29(22-36-16-14-35(15-17-36)18-19-38)24-10-13-31-27(20-24)26-6-4-5-7-30(26)39-31/h4-13,20-21,29,38H,14-19,22H2,1-3H3. The number of nitrogens with zero attached hydrogens (tertiary/aromatic N) is 5. The maximum Gasteiger partial charge on any atom is 0.113 e. The number of hydrogen-bond acceptors (Lipinski definition) is 6. The van der Waals surface area contributed by atoms with Gasteiger partial charge in [0, 0.05) is 65.0 Å². The van der Waals surface area contributed by atoms with Gasteiger partial charge in [-0.05, 0) is 34.7 Å². The van der Waals surface area contributed by atoms with E-state index in [0.717, 1.165) is 50.5 Å². The summed E-state index contributed by atoms with van der Waals surface area (Å²) in [5.41, 5.74) is 4.67. The van der Waals surface area contributed by atoms with Crippen LogP contribution in [0.15, 0.2) is 72.9 Å². The molecule has 1 aliphatic heterocycles. The average molecular weight is 540 g/mol. The summed E-state index contributed by atoms with van der Waals surface area (Å²) >= 11 is 1.85. The van der Waals surface area contributed by atoms with Crippen LogP contribution in [0.1, 0.15) is 37.9 Å². The summed E-state index contributed by atoms with van der Waals surface area (Å²) in [6.45, 7) is 12.5. The van der Waals surface area contributed by atoms with Crippen LogP contribution in [0.4, 0.5) is 0 Å². The molecule has 3 aromatic carbocycles. The molecule has 39 heavy (non-hydrogen) atoms. The Morgan fingerprint density at radius 1 is 0.872 bits per heavy atom. The molecular weight excluding hydrogens is 502 g/mol. The molecule has 7 heteroatoms. The molecule has 6 rings (SSSR count). The van der Waals surface area contributed by atoms with Gasteiger partial charge in [-0.3, -0.25) is 9.80 Å². The Bertz CT molecular complexity index is 1560. The van der Waals surface area contributed by atoms with E-state index in [1.807, 2.05) is 11.3 Å². The molecule has 3 heterocycles. The van der Waals surface area contributed by atoms with Crippen molar-refractivity contribution in [3.63, 3.8) is 0 Å². The third kappa shape index (κ3) is 5.50. The van der Waals surface area contributed by atoms with Crippen LogP contribution in [0.3, 0.4) is 0 Å². The molecule has 5 aromatic rings. The molecule has 1 unspecified atom stereocenters. The van der Waals surface area contributed by atoms with Crippen LogP contribution in [0, 0.1) is 0 Å². The summed E-state index contributed by atoms with van der Waals surface area (Å²) in [6.07, 6.45) is 2.11. The molecule has 1 atom stereocenters. The van der Waals surface area contributed by atoms with Gasteiger partial charge in [0.1, 0.15) is 5.69 Å². The SMILES string of the molecule is CC(C)(C)c1ccc(-c2cn(C(CN3CCN(CCO)CC3)c3ccc4sc5ccccc5c4c3)nn2)cc1. The Hall–Kier alpha value is -3.10. The van der Waals surface area contributed by atoms with Crippen molar-refractivity contribution in [1.82, 2.24) is 24.8 Å². The zero-order chi connectivity index (χ0) is 27.0. The number of aliphatic hydroxyl groups is 1. The smallest absolute Gasteiger partial charge is 0.113 e. The molecule has 0 bridgehead atoms. The van der Waals surface area contributed by atoms with E-state index < -0.39 is 0 Å². The highest BCUT2D eigenvalue weighted by molar-refractivity contribution is 7.25. The Morgan fingerprint density at radius 3 is 2.33 bits per heavy atom. The van der Waals surface area contributed by atoms with Crippen LogP contribution in [-0.2, 0) is 5.41 Å². The molecule has 2 aromatic heterocycles. The van der Waals surface area contributed by atoms with Crippen molar-refractivity contribution in [1.29, 1.82) is 0 Å².